The van der Waals surface area contributed by atoms with Gasteiger partial charge in [-0.1, -0.05) is 17.7 Å². The Morgan fingerprint density at radius 1 is 1.07 bits per heavy atom. The van der Waals surface area contributed by atoms with Gasteiger partial charge in [0, 0.05) is 26.2 Å². The van der Waals surface area contributed by atoms with Crippen LogP contribution >= 0.6 is 0 Å². The smallest absolute Gasteiger partial charge is 0.413 e. The van der Waals surface area contributed by atoms with Gasteiger partial charge in [-0.2, -0.15) is 4.31 Å². The van der Waals surface area contributed by atoms with Crippen LogP contribution < -0.4 is 5.32 Å². The van der Waals surface area contributed by atoms with Gasteiger partial charge in [0.15, 0.2) is 0 Å². The van der Waals surface area contributed by atoms with E-state index in [0.717, 1.165) is 16.7 Å². The number of carbonyl (C=O) groups excluding carboxylic acids is 2. The van der Waals surface area contributed by atoms with E-state index in [0.29, 0.717) is 31.1 Å². The molecule has 1 saturated heterocycles. The molecule has 0 aliphatic carbocycles. The minimum atomic E-state index is -3.59. The third kappa shape index (κ3) is 5.27. The maximum Gasteiger partial charge on any atom is 0.413 e. The highest BCUT2D eigenvalue weighted by atomic mass is 32.2. The quantitative estimate of drug-likeness (QED) is 0.802. The van der Waals surface area contributed by atoms with Crippen molar-refractivity contribution in [2.24, 2.45) is 0 Å². The maximum absolute atomic E-state index is 13.1. The van der Waals surface area contributed by atoms with Crippen LogP contribution in [0, 0.1) is 20.8 Å². The molecule has 1 aromatic rings. The highest BCUT2D eigenvalue weighted by Crippen LogP contribution is 2.26. The van der Waals surface area contributed by atoms with E-state index >= 15 is 0 Å². The Bertz CT molecular complexity index is 791. The first kappa shape index (κ1) is 21.3. The summed E-state index contributed by atoms with van der Waals surface area (Å²) in [7, 11) is -3.59. The number of benzene rings is 1. The van der Waals surface area contributed by atoms with Crippen LogP contribution in [0.2, 0.25) is 0 Å². The van der Waals surface area contributed by atoms with Crippen molar-refractivity contribution in [3.05, 3.63) is 28.8 Å². The van der Waals surface area contributed by atoms with Gasteiger partial charge in [-0.3, -0.25) is 15.0 Å². The van der Waals surface area contributed by atoms with E-state index in [9.17, 15) is 18.0 Å². The van der Waals surface area contributed by atoms with Crippen molar-refractivity contribution in [1.29, 1.82) is 0 Å². The number of piperazine rings is 1. The van der Waals surface area contributed by atoms with Crippen LogP contribution in [0.3, 0.4) is 0 Å². The molecule has 27 heavy (non-hydrogen) atoms. The first-order chi connectivity index (χ1) is 12.6. The van der Waals surface area contributed by atoms with Crippen molar-refractivity contribution in [2.75, 3.05) is 39.3 Å². The fraction of sp³-hybridized carbons (Fsp3) is 0.556. The lowest BCUT2D eigenvalue weighted by molar-refractivity contribution is -0.121. The van der Waals surface area contributed by atoms with Crippen molar-refractivity contribution < 1.29 is 22.7 Å². The number of imide groups is 1. The van der Waals surface area contributed by atoms with Gasteiger partial charge in [0.25, 0.3) is 0 Å². The molecule has 0 bridgehead atoms. The topological polar surface area (TPSA) is 96.0 Å². The number of nitrogens with zero attached hydrogens (tertiary/aromatic N) is 2. The number of hydrogen-bond acceptors (Lipinski definition) is 6. The molecule has 9 heteroatoms. The average molecular weight is 397 g/mol. The minimum absolute atomic E-state index is 0.0231. The van der Waals surface area contributed by atoms with E-state index in [2.05, 4.69) is 10.1 Å². The lowest BCUT2D eigenvalue weighted by Gasteiger charge is -2.34. The lowest BCUT2D eigenvalue weighted by Crippen LogP contribution is -2.51. The molecular formula is C18H27N3O5S. The molecule has 8 nitrogen and oxygen atoms in total. The standard InChI is InChI=1S/C18H27N3O5S/c1-5-26-18(23)19-16(22)12-20-6-8-21(9-7-20)27(24,25)17-14(3)10-13(2)11-15(17)4/h10-11H,5-9,12H2,1-4H3,(H,19,22,23). The van der Waals surface area contributed by atoms with Gasteiger partial charge in [-0.25, -0.2) is 13.2 Å². The van der Waals surface area contributed by atoms with Gasteiger partial charge in [0.1, 0.15) is 0 Å². The molecule has 1 aromatic carbocycles. The predicted octanol–water partition coefficient (Wildman–Crippen LogP) is 1.19. The second-order valence-corrected chi connectivity index (χ2v) is 8.55. The van der Waals surface area contributed by atoms with Crippen molar-refractivity contribution in [2.45, 2.75) is 32.6 Å². The predicted molar refractivity (Wildman–Crippen MR) is 101 cm³/mol. The second kappa shape index (κ2) is 8.81. The van der Waals surface area contributed by atoms with Gasteiger partial charge >= 0.3 is 6.09 Å². The van der Waals surface area contributed by atoms with E-state index < -0.39 is 22.0 Å². The third-order valence-corrected chi connectivity index (χ3v) is 6.62. The van der Waals surface area contributed by atoms with Crippen LogP contribution in [-0.2, 0) is 19.6 Å². The minimum Gasteiger partial charge on any atom is -0.450 e. The van der Waals surface area contributed by atoms with Crippen molar-refractivity contribution in [1.82, 2.24) is 14.5 Å². The molecule has 0 saturated carbocycles. The molecular weight excluding hydrogens is 370 g/mol. The molecule has 0 spiro atoms. The summed E-state index contributed by atoms with van der Waals surface area (Å²) < 4.78 is 32.2. The molecule has 1 fully saturated rings. The van der Waals surface area contributed by atoms with Gasteiger partial charge < -0.3 is 4.74 Å². The summed E-state index contributed by atoms with van der Waals surface area (Å²) in [6.45, 7) is 8.84. The molecule has 150 valence electrons. The molecule has 0 atom stereocenters. The monoisotopic (exact) mass is 397 g/mol. The summed E-state index contributed by atoms with van der Waals surface area (Å²) >= 11 is 0. The van der Waals surface area contributed by atoms with E-state index in [1.807, 2.05) is 37.8 Å². The number of hydrogen-bond donors (Lipinski definition) is 1. The van der Waals surface area contributed by atoms with E-state index in [1.165, 1.54) is 4.31 Å². The Balaban J connectivity index is 1.99. The molecule has 1 heterocycles. The van der Waals surface area contributed by atoms with Crippen LogP contribution in [0.25, 0.3) is 0 Å². The van der Waals surface area contributed by atoms with Crippen LogP contribution in [-0.4, -0.2) is 69.0 Å². The molecule has 1 aliphatic heterocycles. The summed E-state index contributed by atoms with van der Waals surface area (Å²) in [6, 6.07) is 3.74. The largest absolute Gasteiger partial charge is 0.450 e. The van der Waals surface area contributed by atoms with E-state index in [4.69, 9.17) is 0 Å². The molecule has 2 rings (SSSR count). The van der Waals surface area contributed by atoms with Crippen molar-refractivity contribution >= 4 is 22.0 Å². The summed E-state index contributed by atoms with van der Waals surface area (Å²) in [6.07, 6.45) is -0.769. The Morgan fingerprint density at radius 3 is 2.15 bits per heavy atom. The first-order valence-electron chi connectivity index (χ1n) is 8.92. The van der Waals surface area contributed by atoms with Gasteiger partial charge in [0.2, 0.25) is 15.9 Å². The highest BCUT2D eigenvalue weighted by Gasteiger charge is 2.31. The summed E-state index contributed by atoms with van der Waals surface area (Å²) in [5.41, 5.74) is 2.51. The number of nitrogens with one attached hydrogen (secondary N) is 1. The maximum atomic E-state index is 13.1. The Hall–Kier alpha value is -1.97. The summed E-state index contributed by atoms with van der Waals surface area (Å²) in [5, 5.41) is 2.14. The molecule has 0 radical (unpaired) electrons. The van der Waals surface area contributed by atoms with Gasteiger partial charge in [0.05, 0.1) is 18.0 Å². The highest BCUT2D eigenvalue weighted by molar-refractivity contribution is 7.89. The fourth-order valence-corrected chi connectivity index (χ4v) is 5.19. The number of alkyl carbamates (subject to hydrolysis) is 1. The van der Waals surface area contributed by atoms with Crippen LogP contribution in [0.4, 0.5) is 4.79 Å². The number of carbonyl (C=O) groups is 2. The Labute approximate surface area is 160 Å². The van der Waals surface area contributed by atoms with Crippen LogP contribution in [0.1, 0.15) is 23.6 Å². The van der Waals surface area contributed by atoms with Gasteiger partial charge in [-0.05, 0) is 38.8 Å². The summed E-state index contributed by atoms with van der Waals surface area (Å²) in [4.78, 5) is 25.3. The Kier molecular flexibility index (Phi) is 6.96. The van der Waals surface area contributed by atoms with Crippen molar-refractivity contribution in [3.63, 3.8) is 0 Å². The number of amides is 2. The number of ether oxygens (including phenoxy) is 1. The average Bonchev–Trinajstić information content (AvgIpc) is 2.54. The Morgan fingerprint density at radius 2 is 1.63 bits per heavy atom. The SMILES string of the molecule is CCOC(=O)NC(=O)CN1CCN(S(=O)(=O)c2c(C)cc(C)cc2C)CC1. The molecule has 0 unspecified atom stereocenters. The van der Waals surface area contributed by atoms with Crippen molar-refractivity contribution in [3.8, 4) is 0 Å². The lowest BCUT2D eigenvalue weighted by atomic mass is 10.1. The zero-order valence-electron chi connectivity index (χ0n) is 16.2. The first-order valence-corrected chi connectivity index (χ1v) is 10.4. The van der Waals surface area contributed by atoms with Gasteiger partial charge in [-0.15, -0.1) is 0 Å². The number of sulfonamides is 1. The normalized spacial score (nSPS) is 16.1. The van der Waals surface area contributed by atoms with E-state index in [1.54, 1.807) is 6.92 Å². The van der Waals surface area contributed by atoms with E-state index in [-0.39, 0.29) is 13.2 Å². The molecule has 1 N–H and O–H groups in total. The van der Waals surface area contributed by atoms with Crippen LogP contribution in [0.5, 0.6) is 0 Å². The van der Waals surface area contributed by atoms with Crippen LogP contribution in [0.15, 0.2) is 17.0 Å². The zero-order valence-corrected chi connectivity index (χ0v) is 17.1. The zero-order chi connectivity index (χ0) is 20.2. The molecule has 1 aliphatic rings. The number of rotatable bonds is 5. The molecule has 0 aromatic heterocycles. The summed E-state index contributed by atoms with van der Waals surface area (Å²) in [5.74, 6) is -0.463. The fourth-order valence-electron chi connectivity index (χ4n) is 3.35. The second-order valence-electron chi connectivity index (χ2n) is 6.68. The number of aryl methyl sites for hydroxylation is 3. The third-order valence-electron chi connectivity index (χ3n) is 4.42. The molecule has 2 amide bonds.